The van der Waals surface area contributed by atoms with Gasteiger partial charge in [0.05, 0.1) is 5.92 Å². The van der Waals surface area contributed by atoms with Gasteiger partial charge in [-0.25, -0.2) is 0 Å². The van der Waals surface area contributed by atoms with Crippen LogP contribution >= 0.6 is 0 Å². The summed E-state index contributed by atoms with van der Waals surface area (Å²) in [5, 5.41) is 2.36. The van der Waals surface area contributed by atoms with E-state index in [4.69, 9.17) is 4.74 Å². The Hall–Kier alpha value is -2.09. The molecular weight excluding hydrogens is 224 g/mol. The number of allylic oxidation sites excluding steroid dienone is 1. The molecule has 0 radical (unpaired) electrons. The lowest BCUT2D eigenvalue weighted by molar-refractivity contribution is -0.139. The summed E-state index contributed by atoms with van der Waals surface area (Å²) < 4.78 is 5.42. The van der Waals surface area contributed by atoms with Crippen molar-refractivity contribution in [3.63, 3.8) is 0 Å². The Morgan fingerprint density at radius 3 is 2.94 bits per heavy atom. The van der Waals surface area contributed by atoms with Crippen LogP contribution < -0.4 is 4.74 Å². The SMILES string of the molecule is C=CC[C@@H]1Cc2c(ccc3ccccc23)OC1=O. The van der Waals surface area contributed by atoms with E-state index in [0.717, 1.165) is 12.0 Å². The largest absolute Gasteiger partial charge is 0.426 e. The lowest BCUT2D eigenvalue weighted by Crippen LogP contribution is -2.27. The number of hydrogen-bond donors (Lipinski definition) is 0. The van der Waals surface area contributed by atoms with Gasteiger partial charge in [0.15, 0.2) is 0 Å². The van der Waals surface area contributed by atoms with Gasteiger partial charge in [-0.3, -0.25) is 4.79 Å². The van der Waals surface area contributed by atoms with E-state index in [2.05, 4.69) is 18.7 Å². The van der Waals surface area contributed by atoms with Gasteiger partial charge in [0.2, 0.25) is 0 Å². The minimum Gasteiger partial charge on any atom is -0.426 e. The quantitative estimate of drug-likeness (QED) is 0.455. The summed E-state index contributed by atoms with van der Waals surface area (Å²) in [6, 6.07) is 12.1. The Balaban J connectivity index is 2.13. The predicted molar refractivity (Wildman–Crippen MR) is 71.6 cm³/mol. The zero-order valence-electron chi connectivity index (χ0n) is 10.1. The van der Waals surface area contributed by atoms with E-state index in [1.807, 2.05) is 24.3 Å². The van der Waals surface area contributed by atoms with Gasteiger partial charge >= 0.3 is 5.97 Å². The van der Waals surface area contributed by atoms with Gasteiger partial charge < -0.3 is 4.74 Å². The smallest absolute Gasteiger partial charge is 0.314 e. The van der Waals surface area contributed by atoms with Crippen molar-refractivity contribution < 1.29 is 9.53 Å². The van der Waals surface area contributed by atoms with Gasteiger partial charge in [-0.05, 0) is 29.7 Å². The molecule has 0 unspecified atom stereocenters. The van der Waals surface area contributed by atoms with Crippen molar-refractivity contribution in [1.82, 2.24) is 0 Å². The molecule has 2 aromatic carbocycles. The number of carbonyl (C=O) groups excluding carboxylic acids is 1. The Kier molecular flexibility index (Phi) is 2.63. The van der Waals surface area contributed by atoms with Crippen LogP contribution in [0.1, 0.15) is 12.0 Å². The summed E-state index contributed by atoms with van der Waals surface area (Å²) in [5.74, 6) is 0.470. The molecule has 1 aliphatic rings. The molecule has 3 rings (SSSR count). The molecule has 0 N–H and O–H groups in total. The van der Waals surface area contributed by atoms with Crippen LogP contribution in [-0.4, -0.2) is 5.97 Å². The molecule has 1 heterocycles. The van der Waals surface area contributed by atoms with Crippen molar-refractivity contribution in [1.29, 1.82) is 0 Å². The predicted octanol–water partition coefficient (Wildman–Crippen LogP) is 3.49. The van der Waals surface area contributed by atoms with E-state index in [0.29, 0.717) is 12.2 Å². The third kappa shape index (κ3) is 1.70. The molecule has 0 bridgehead atoms. The van der Waals surface area contributed by atoms with E-state index in [-0.39, 0.29) is 11.9 Å². The lowest BCUT2D eigenvalue weighted by atomic mass is 9.90. The van der Waals surface area contributed by atoms with E-state index < -0.39 is 0 Å². The molecule has 0 aromatic heterocycles. The molecular formula is C16H14O2. The van der Waals surface area contributed by atoms with Crippen molar-refractivity contribution in [2.24, 2.45) is 5.92 Å². The second-order valence-electron chi connectivity index (χ2n) is 4.61. The summed E-state index contributed by atoms with van der Waals surface area (Å²) in [6.45, 7) is 3.70. The Morgan fingerprint density at radius 1 is 1.28 bits per heavy atom. The van der Waals surface area contributed by atoms with Crippen molar-refractivity contribution in [2.75, 3.05) is 0 Å². The van der Waals surface area contributed by atoms with Crippen LogP contribution in [0.2, 0.25) is 0 Å². The van der Waals surface area contributed by atoms with E-state index in [1.165, 1.54) is 10.8 Å². The van der Waals surface area contributed by atoms with Gasteiger partial charge in [0.1, 0.15) is 5.75 Å². The average Bonchev–Trinajstić information content (AvgIpc) is 2.40. The Morgan fingerprint density at radius 2 is 2.11 bits per heavy atom. The Labute approximate surface area is 106 Å². The van der Waals surface area contributed by atoms with Gasteiger partial charge in [0.25, 0.3) is 0 Å². The summed E-state index contributed by atoms with van der Waals surface area (Å²) in [7, 11) is 0. The lowest BCUT2D eigenvalue weighted by Gasteiger charge is -2.23. The molecule has 1 atom stereocenters. The van der Waals surface area contributed by atoms with Gasteiger partial charge in [-0.2, -0.15) is 0 Å². The highest BCUT2D eigenvalue weighted by atomic mass is 16.5. The molecule has 2 aromatic rings. The third-order valence-electron chi connectivity index (χ3n) is 3.44. The molecule has 1 aliphatic heterocycles. The summed E-state index contributed by atoms with van der Waals surface area (Å²) in [4.78, 5) is 11.8. The number of hydrogen-bond acceptors (Lipinski definition) is 2. The van der Waals surface area contributed by atoms with Crippen molar-refractivity contribution in [3.8, 4) is 5.75 Å². The summed E-state index contributed by atoms with van der Waals surface area (Å²) in [6.07, 6.45) is 3.19. The molecule has 0 saturated carbocycles. The molecule has 18 heavy (non-hydrogen) atoms. The van der Waals surface area contributed by atoms with E-state index in [9.17, 15) is 4.79 Å². The summed E-state index contributed by atoms with van der Waals surface area (Å²) >= 11 is 0. The van der Waals surface area contributed by atoms with E-state index >= 15 is 0 Å². The average molecular weight is 238 g/mol. The highest BCUT2D eigenvalue weighted by Crippen LogP contribution is 2.35. The van der Waals surface area contributed by atoms with E-state index in [1.54, 1.807) is 6.08 Å². The van der Waals surface area contributed by atoms with Gasteiger partial charge in [-0.15, -0.1) is 6.58 Å². The number of esters is 1. The standard InChI is InChI=1S/C16H14O2/c1-2-5-12-10-14-13-7-4-3-6-11(13)8-9-15(14)18-16(12)17/h2-4,6-9,12H,1,5,10H2/t12-/m1/s1. The van der Waals surface area contributed by atoms with Crippen molar-refractivity contribution in [3.05, 3.63) is 54.6 Å². The maximum atomic E-state index is 11.8. The first-order valence-electron chi connectivity index (χ1n) is 6.13. The fourth-order valence-corrected chi connectivity index (χ4v) is 2.52. The monoisotopic (exact) mass is 238 g/mol. The minimum absolute atomic E-state index is 0.0965. The number of ether oxygens (including phenoxy) is 1. The van der Waals surface area contributed by atoms with Gasteiger partial charge in [0, 0.05) is 5.56 Å². The summed E-state index contributed by atoms with van der Waals surface area (Å²) in [5.41, 5.74) is 1.14. The number of benzene rings is 2. The molecule has 90 valence electrons. The molecule has 0 saturated heterocycles. The van der Waals surface area contributed by atoms with Gasteiger partial charge in [-0.1, -0.05) is 36.4 Å². The van der Waals surface area contributed by atoms with Crippen LogP contribution in [0.5, 0.6) is 5.75 Å². The second kappa shape index (κ2) is 4.30. The molecule has 0 spiro atoms. The number of fused-ring (bicyclic) bond motifs is 3. The molecule has 0 amide bonds. The van der Waals surface area contributed by atoms with Crippen LogP contribution in [0, 0.1) is 5.92 Å². The molecule has 0 fully saturated rings. The molecule has 0 aliphatic carbocycles. The van der Waals surface area contributed by atoms with Crippen LogP contribution in [0.15, 0.2) is 49.1 Å². The maximum absolute atomic E-state index is 11.8. The first-order valence-corrected chi connectivity index (χ1v) is 6.13. The number of rotatable bonds is 2. The van der Waals surface area contributed by atoms with Crippen LogP contribution in [0.4, 0.5) is 0 Å². The minimum atomic E-state index is -0.141. The third-order valence-corrected chi connectivity index (χ3v) is 3.44. The highest BCUT2D eigenvalue weighted by molar-refractivity contribution is 5.91. The maximum Gasteiger partial charge on any atom is 0.314 e. The van der Waals surface area contributed by atoms with Crippen LogP contribution in [-0.2, 0) is 11.2 Å². The normalized spacial score (nSPS) is 18.2. The molecule has 2 heteroatoms. The van der Waals surface area contributed by atoms with Crippen LogP contribution in [0.25, 0.3) is 10.8 Å². The zero-order chi connectivity index (χ0) is 12.5. The van der Waals surface area contributed by atoms with Crippen molar-refractivity contribution >= 4 is 16.7 Å². The number of carbonyl (C=O) groups is 1. The molecule has 2 nitrogen and oxygen atoms in total. The zero-order valence-corrected chi connectivity index (χ0v) is 10.1. The topological polar surface area (TPSA) is 26.3 Å². The van der Waals surface area contributed by atoms with Crippen molar-refractivity contribution in [2.45, 2.75) is 12.8 Å². The fourth-order valence-electron chi connectivity index (χ4n) is 2.52. The second-order valence-corrected chi connectivity index (χ2v) is 4.61. The fraction of sp³-hybridized carbons (Fsp3) is 0.188. The first-order chi connectivity index (χ1) is 8.79. The Bertz CT molecular complexity index is 628. The first kappa shape index (κ1) is 11.0. The highest BCUT2D eigenvalue weighted by Gasteiger charge is 2.28. The van der Waals surface area contributed by atoms with Crippen LogP contribution in [0.3, 0.4) is 0 Å².